The van der Waals surface area contributed by atoms with Gasteiger partial charge in [-0.15, -0.1) is 0 Å². The van der Waals surface area contributed by atoms with E-state index in [4.69, 9.17) is 4.74 Å². The van der Waals surface area contributed by atoms with Crippen LogP contribution in [0.5, 0.6) is 0 Å². The Labute approximate surface area is 135 Å². The maximum Gasteiger partial charge on any atom is 0.163 e. The number of nitrogens with zero attached hydrogens (tertiary/aromatic N) is 6. The molecule has 1 aliphatic heterocycles. The number of methoxy groups -OCH3 is 1. The second-order valence-electron chi connectivity index (χ2n) is 5.60. The number of rotatable bonds is 5. The van der Waals surface area contributed by atoms with Crippen molar-refractivity contribution in [2.75, 3.05) is 45.2 Å². The zero-order chi connectivity index (χ0) is 16.2. The number of likely N-dealkylation sites (N-methyl/N-ethyl adjacent to an activating group) is 1. The van der Waals surface area contributed by atoms with Gasteiger partial charge in [0.05, 0.1) is 18.7 Å². The van der Waals surface area contributed by atoms with E-state index in [2.05, 4.69) is 38.5 Å². The van der Waals surface area contributed by atoms with Gasteiger partial charge in [0.2, 0.25) is 0 Å². The zero-order valence-corrected chi connectivity index (χ0v) is 13.6. The van der Waals surface area contributed by atoms with E-state index in [0.717, 1.165) is 48.8 Å². The van der Waals surface area contributed by atoms with Crippen molar-refractivity contribution in [3.8, 4) is 0 Å². The first-order valence-electron chi connectivity index (χ1n) is 7.68. The molecular formula is C16H22N6O. The van der Waals surface area contributed by atoms with Crippen molar-refractivity contribution < 1.29 is 4.74 Å². The fourth-order valence-corrected chi connectivity index (χ4v) is 2.73. The number of aromatic nitrogens is 4. The van der Waals surface area contributed by atoms with Crippen LogP contribution in [0.15, 0.2) is 37.0 Å². The molecule has 0 bridgehead atoms. The van der Waals surface area contributed by atoms with Crippen LogP contribution in [0.2, 0.25) is 0 Å². The zero-order valence-electron chi connectivity index (χ0n) is 13.6. The van der Waals surface area contributed by atoms with Gasteiger partial charge in [0.1, 0.15) is 24.4 Å². The number of hydrogen-bond donors (Lipinski definition) is 0. The molecule has 0 atom stereocenters. The summed E-state index contributed by atoms with van der Waals surface area (Å²) in [5, 5.41) is 5.44. The summed E-state index contributed by atoms with van der Waals surface area (Å²) in [7, 11) is 3.79. The van der Waals surface area contributed by atoms with Crippen LogP contribution in [0.1, 0.15) is 0 Å². The molecule has 7 nitrogen and oxygen atoms in total. The van der Waals surface area contributed by atoms with Gasteiger partial charge in [0.25, 0.3) is 0 Å². The lowest BCUT2D eigenvalue weighted by Crippen LogP contribution is -2.44. The fraction of sp³-hybridized carbons (Fsp3) is 0.438. The lowest BCUT2D eigenvalue weighted by atomic mass is 10.3. The second-order valence-corrected chi connectivity index (χ2v) is 5.60. The molecule has 0 radical (unpaired) electrons. The van der Waals surface area contributed by atoms with Crippen molar-refractivity contribution in [1.29, 1.82) is 0 Å². The van der Waals surface area contributed by atoms with Gasteiger partial charge in [-0.3, -0.25) is 0 Å². The van der Waals surface area contributed by atoms with E-state index in [1.807, 2.05) is 17.0 Å². The van der Waals surface area contributed by atoms with Crippen molar-refractivity contribution in [3.63, 3.8) is 0 Å². The third-order valence-electron chi connectivity index (χ3n) is 4.09. The molecule has 0 spiro atoms. The maximum absolute atomic E-state index is 5.34. The summed E-state index contributed by atoms with van der Waals surface area (Å²) in [5.74, 6) is 1.74. The third-order valence-corrected chi connectivity index (χ3v) is 4.09. The van der Waals surface area contributed by atoms with Crippen LogP contribution in [-0.4, -0.2) is 65.0 Å². The largest absolute Gasteiger partial charge is 0.499 e. The summed E-state index contributed by atoms with van der Waals surface area (Å²) in [6.07, 6.45) is 6.98. The number of hydrogen-bond acceptors (Lipinski definition) is 6. The lowest BCUT2D eigenvalue weighted by molar-refractivity contribution is 0.267. The van der Waals surface area contributed by atoms with Crippen LogP contribution >= 0.6 is 0 Å². The molecule has 3 heterocycles. The number of ether oxygens (including phenoxy) is 1. The highest BCUT2D eigenvalue weighted by Gasteiger charge is 2.19. The highest BCUT2D eigenvalue weighted by molar-refractivity contribution is 5.86. The SMILES string of the molecule is C=C/C=C(/Cn1ncc2c(N3CCN(C)CC3)ncnc21)OC. The highest BCUT2D eigenvalue weighted by Crippen LogP contribution is 2.24. The topological polar surface area (TPSA) is 59.3 Å². The van der Waals surface area contributed by atoms with E-state index < -0.39 is 0 Å². The van der Waals surface area contributed by atoms with Crippen LogP contribution in [0.3, 0.4) is 0 Å². The molecule has 0 amide bonds. The van der Waals surface area contributed by atoms with Gasteiger partial charge < -0.3 is 14.5 Å². The lowest BCUT2D eigenvalue weighted by Gasteiger charge is -2.33. The Morgan fingerprint density at radius 1 is 1.30 bits per heavy atom. The highest BCUT2D eigenvalue weighted by atomic mass is 16.5. The maximum atomic E-state index is 5.34. The first-order valence-corrected chi connectivity index (χ1v) is 7.68. The molecule has 2 aromatic heterocycles. The minimum Gasteiger partial charge on any atom is -0.499 e. The van der Waals surface area contributed by atoms with Crippen molar-refractivity contribution >= 4 is 16.9 Å². The average Bonchev–Trinajstić information content (AvgIpc) is 2.98. The van der Waals surface area contributed by atoms with E-state index in [9.17, 15) is 0 Å². The van der Waals surface area contributed by atoms with E-state index in [-0.39, 0.29) is 0 Å². The van der Waals surface area contributed by atoms with E-state index in [1.165, 1.54) is 0 Å². The molecule has 0 aliphatic carbocycles. The quantitative estimate of drug-likeness (QED) is 0.612. The van der Waals surface area contributed by atoms with Gasteiger partial charge in [-0.25, -0.2) is 14.6 Å². The van der Waals surface area contributed by atoms with Crippen LogP contribution in [-0.2, 0) is 11.3 Å². The molecule has 3 rings (SSSR count). The predicted molar refractivity (Wildman–Crippen MR) is 90.3 cm³/mol. The Kier molecular flexibility index (Phi) is 4.57. The van der Waals surface area contributed by atoms with Crippen molar-refractivity contribution in [2.24, 2.45) is 0 Å². The summed E-state index contributed by atoms with van der Waals surface area (Å²) < 4.78 is 7.17. The second kappa shape index (κ2) is 6.78. The van der Waals surface area contributed by atoms with Gasteiger partial charge in [-0.2, -0.15) is 5.10 Å². The molecule has 1 aliphatic rings. The molecule has 1 saturated heterocycles. The van der Waals surface area contributed by atoms with E-state index >= 15 is 0 Å². The number of piperazine rings is 1. The van der Waals surface area contributed by atoms with E-state index in [1.54, 1.807) is 19.5 Å². The van der Waals surface area contributed by atoms with Crippen LogP contribution < -0.4 is 4.90 Å². The normalized spacial score (nSPS) is 16.8. The van der Waals surface area contributed by atoms with E-state index in [0.29, 0.717) is 6.54 Å². The van der Waals surface area contributed by atoms with Gasteiger partial charge in [-0.1, -0.05) is 12.7 Å². The van der Waals surface area contributed by atoms with Gasteiger partial charge in [-0.05, 0) is 13.1 Å². The Morgan fingerprint density at radius 2 is 2.09 bits per heavy atom. The molecule has 2 aromatic rings. The summed E-state index contributed by atoms with van der Waals surface area (Å²) in [5.41, 5.74) is 0.820. The minimum atomic E-state index is 0.519. The number of fused-ring (bicyclic) bond motifs is 1. The molecule has 23 heavy (non-hydrogen) atoms. The van der Waals surface area contributed by atoms with Gasteiger partial charge >= 0.3 is 0 Å². The molecule has 7 heteroatoms. The Bertz CT molecular complexity index is 714. The Hall–Kier alpha value is -2.41. The van der Waals surface area contributed by atoms with Crippen molar-refractivity contribution in [1.82, 2.24) is 24.6 Å². The smallest absolute Gasteiger partial charge is 0.163 e. The molecule has 0 aromatic carbocycles. The van der Waals surface area contributed by atoms with Crippen LogP contribution in [0.4, 0.5) is 5.82 Å². The van der Waals surface area contributed by atoms with Crippen molar-refractivity contribution in [2.45, 2.75) is 6.54 Å². The standard InChI is InChI=1S/C16H22N6O/c1-4-5-13(23-3)11-22-16-14(10-19-22)15(17-12-18-16)21-8-6-20(2)7-9-21/h4-5,10,12H,1,6-9,11H2,2-3H3/b13-5-. The molecule has 122 valence electrons. The summed E-state index contributed by atoms with van der Waals surface area (Å²) in [6.45, 7) is 8.22. The number of anilines is 1. The predicted octanol–water partition coefficient (Wildman–Crippen LogP) is 1.29. The average molecular weight is 314 g/mol. The Balaban J connectivity index is 1.91. The van der Waals surface area contributed by atoms with Crippen LogP contribution in [0, 0.1) is 0 Å². The molecular weight excluding hydrogens is 292 g/mol. The molecule has 0 saturated carbocycles. The molecule has 0 unspecified atom stereocenters. The van der Waals surface area contributed by atoms with Crippen molar-refractivity contribution in [3.05, 3.63) is 37.0 Å². The Morgan fingerprint density at radius 3 is 2.78 bits per heavy atom. The van der Waals surface area contributed by atoms with Gasteiger partial charge in [0.15, 0.2) is 5.65 Å². The summed E-state index contributed by atoms with van der Waals surface area (Å²) in [4.78, 5) is 13.5. The third kappa shape index (κ3) is 3.19. The summed E-state index contributed by atoms with van der Waals surface area (Å²) in [6, 6.07) is 0. The summed E-state index contributed by atoms with van der Waals surface area (Å²) >= 11 is 0. The molecule has 1 fully saturated rings. The number of allylic oxidation sites excluding steroid dienone is 3. The van der Waals surface area contributed by atoms with Crippen LogP contribution in [0.25, 0.3) is 11.0 Å². The first kappa shape index (κ1) is 15.5. The first-order chi connectivity index (χ1) is 11.2. The van der Waals surface area contributed by atoms with Gasteiger partial charge in [0, 0.05) is 26.2 Å². The molecule has 0 N–H and O–H groups in total. The minimum absolute atomic E-state index is 0.519. The fourth-order valence-electron chi connectivity index (χ4n) is 2.73. The monoisotopic (exact) mass is 314 g/mol.